The Morgan fingerprint density at radius 3 is 3.00 bits per heavy atom. The molecule has 0 bridgehead atoms. The first-order chi connectivity index (χ1) is 6.20. The Kier molecular flexibility index (Phi) is 3.71. The smallest absolute Gasteiger partial charge is 0.0983 e. The van der Waals surface area contributed by atoms with Crippen molar-refractivity contribution in [3.63, 3.8) is 0 Å². The van der Waals surface area contributed by atoms with Gasteiger partial charge in [-0.25, -0.2) is 0 Å². The molecule has 0 amide bonds. The van der Waals surface area contributed by atoms with Crippen molar-refractivity contribution in [3.05, 3.63) is 16.9 Å². The maximum absolute atomic E-state index is 9.68. The van der Waals surface area contributed by atoms with Gasteiger partial charge in [-0.15, -0.1) is 0 Å². The van der Waals surface area contributed by atoms with E-state index in [4.69, 9.17) is 17.3 Å². The molecule has 0 aliphatic rings. The average molecular weight is 204 g/mol. The summed E-state index contributed by atoms with van der Waals surface area (Å²) in [6.45, 7) is 3.08. The van der Waals surface area contributed by atoms with E-state index in [0.29, 0.717) is 30.2 Å². The molecule has 5 heteroatoms. The molecule has 74 valence electrons. The van der Waals surface area contributed by atoms with Crippen molar-refractivity contribution >= 4 is 11.6 Å². The normalized spacial score (nSPS) is 13.2. The fourth-order valence-electron chi connectivity index (χ4n) is 1.25. The van der Waals surface area contributed by atoms with Gasteiger partial charge < -0.3 is 10.8 Å². The van der Waals surface area contributed by atoms with E-state index < -0.39 is 6.10 Å². The highest BCUT2D eigenvalue weighted by Crippen LogP contribution is 2.24. The number of halogens is 1. The van der Waals surface area contributed by atoms with Gasteiger partial charge in [0.1, 0.15) is 0 Å². The van der Waals surface area contributed by atoms with Gasteiger partial charge in [0, 0.05) is 6.54 Å². The zero-order chi connectivity index (χ0) is 9.84. The van der Waals surface area contributed by atoms with Crippen LogP contribution in [0.25, 0.3) is 0 Å². The quantitative estimate of drug-likeness (QED) is 0.766. The van der Waals surface area contributed by atoms with Gasteiger partial charge in [-0.2, -0.15) is 5.10 Å². The van der Waals surface area contributed by atoms with E-state index >= 15 is 0 Å². The summed E-state index contributed by atoms with van der Waals surface area (Å²) in [4.78, 5) is 0. The Labute approximate surface area is 82.3 Å². The van der Waals surface area contributed by atoms with Gasteiger partial charge in [0.25, 0.3) is 0 Å². The van der Waals surface area contributed by atoms with Crippen LogP contribution in [-0.4, -0.2) is 21.4 Å². The van der Waals surface area contributed by atoms with Crippen LogP contribution in [0.3, 0.4) is 0 Å². The molecule has 0 aliphatic heterocycles. The third-order valence-electron chi connectivity index (χ3n) is 1.89. The minimum absolute atomic E-state index is 0.437. The van der Waals surface area contributed by atoms with Gasteiger partial charge >= 0.3 is 0 Å². The van der Waals surface area contributed by atoms with Gasteiger partial charge in [-0.1, -0.05) is 11.6 Å². The van der Waals surface area contributed by atoms with Crippen molar-refractivity contribution in [1.29, 1.82) is 0 Å². The highest BCUT2D eigenvalue weighted by atomic mass is 35.5. The molecule has 0 saturated carbocycles. The summed E-state index contributed by atoms with van der Waals surface area (Å²) in [6, 6.07) is 0. The second kappa shape index (κ2) is 4.60. The van der Waals surface area contributed by atoms with Crippen molar-refractivity contribution < 1.29 is 5.11 Å². The Bertz CT molecular complexity index is 274. The molecule has 3 N–H and O–H groups in total. The van der Waals surface area contributed by atoms with E-state index in [9.17, 15) is 5.11 Å². The van der Waals surface area contributed by atoms with E-state index in [1.165, 1.54) is 0 Å². The Morgan fingerprint density at radius 2 is 2.46 bits per heavy atom. The van der Waals surface area contributed by atoms with Crippen LogP contribution in [-0.2, 0) is 6.54 Å². The molecule has 0 radical (unpaired) electrons. The minimum atomic E-state index is -0.611. The second-order valence-electron chi connectivity index (χ2n) is 2.79. The number of nitrogens with two attached hydrogens (primary N) is 1. The van der Waals surface area contributed by atoms with Gasteiger partial charge in [-0.05, 0) is 19.9 Å². The first kappa shape index (κ1) is 10.5. The lowest BCUT2D eigenvalue weighted by Crippen LogP contribution is -2.12. The van der Waals surface area contributed by atoms with Crippen LogP contribution in [0.2, 0.25) is 5.02 Å². The lowest BCUT2D eigenvalue weighted by Gasteiger charge is -2.11. The summed E-state index contributed by atoms with van der Waals surface area (Å²) in [5, 5.41) is 14.2. The summed E-state index contributed by atoms with van der Waals surface area (Å²) >= 11 is 5.87. The number of hydrogen-bond acceptors (Lipinski definition) is 3. The Morgan fingerprint density at radius 1 is 1.77 bits per heavy atom. The number of rotatable bonds is 4. The highest BCUT2D eigenvalue weighted by molar-refractivity contribution is 6.31. The van der Waals surface area contributed by atoms with E-state index in [1.54, 1.807) is 10.9 Å². The molecule has 0 aliphatic carbocycles. The zero-order valence-corrected chi connectivity index (χ0v) is 8.33. The molecule has 1 atom stereocenters. The number of aromatic nitrogens is 2. The molecule has 13 heavy (non-hydrogen) atoms. The number of nitrogens with zero attached hydrogens (tertiary/aromatic N) is 2. The molecule has 1 unspecified atom stereocenters. The van der Waals surface area contributed by atoms with Gasteiger partial charge in [0.2, 0.25) is 0 Å². The summed E-state index contributed by atoms with van der Waals surface area (Å²) in [7, 11) is 0. The van der Waals surface area contributed by atoms with Crippen LogP contribution in [0, 0.1) is 0 Å². The van der Waals surface area contributed by atoms with Gasteiger partial charge in [-0.3, -0.25) is 4.68 Å². The van der Waals surface area contributed by atoms with E-state index in [0.717, 1.165) is 0 Å². The average Bonchev–Trinajstić information content (AvgIpc) is 2.47. The molecule has 0 fully saturated rings. The fraction of sp³-hybridized carbons (Fsp3) is 0.625. The number of aryl methyl sites for hydroxylation is 1. The summed E-state index contributed by atoms with van der Waals surface area (Å²) in [5.41, 5.74) is 6.01. The summed E-state index contributed by atoms with van der Waals surface area (Å²) in [6.07, 6.45) is 1.44. The maximum Gasteiger partial charge on any atom is 0.0983 e. The topological polar surface area (TPSA) is 64.1 Å². The minimum Gasteiger partial charge on any atom is -0.387 e. The third kappa shape index (κ3) is 2.21. The Hall–Kier alpha value is -0.580. The molecule has 0 saturated heterocycles. The van der Waals surface area contributed by atoms with E-state index in [2.05, 4.69) is 5.10 Å². The molecule has 1 aromatic rings. The number of aliphatic hydroxyl groups is 1. The van der Waals surface area contributed by atoms with Crippen LogP contribution >= 0.6 is 11.6 Å². The van der Waals surface area contributed by atoms with Crippen LogP contribution in [0.4, 0.5) is 0 Å². The standard InChI is InChI=1S/C8H14ClN3O/c1-2-12-8(6(9)5-11-12)7(13)3-4-10/h5,7,13H,2-4,10H2,1H3. The molecular formula is C8H14ClN3O. The van der Waals surface area contributed by atoms with Crippen molar-refractivity contribution in [2.45, 2.75) is 26.0 Å². The molecule has 4 nitrogen and oxygen atoms in total. The highest BCUT2D eigenvalue weighted by Gasteiger charge is 2.16. The van der Waals surface area contributed by atoms with Crippen LogP contribution in [0.1, 0.15) is 25.1 Å². The van der Waals surface area contributed by atoms with Crippen LogP contribution in [0.5, 0.6) is 0 Å². The van der Waals surface area contributed by atoms with E-state index in [1.807, 2.05) is 6.92 Å². The first-order valence-corrected chi connectivity index (χ1v) is 4.67. The monoisotopic (exact) mass is 203 g/mol. The van der Waals surface area contributed by atoms with Crippen molar-refractivity contribution in [2.24, 2.45) is 5.73 Å². The van der Waals surface area contributed by atoms with Crippen molar-refractivity contribution in [3.8, 4) is 0 Å². The SMILES string of the molecule is CCn1ncc(Cl)c1C(O)CCN. The molecule has 1 aromatic heterocycles. The molecule has 1 rings (SSSR count). The molecular weight excluding hydrogens is 190 g/mol. The molecule has 0 spiro atoms. The third-order valence-corrected chi connectivity index (χ3v) is 2.18. The second-order valence-corrected chi connectivity index (χ2v) is 3.19. The van der Waals surface area contributed by atoms with E-state index in [-0.39, 0.29) is 0 Å². The maximum atomic E-state index is 9.68. The molecule has 1 heterocycles. The van der Waals surface area contributed by atoms with Crippen molar-refractivity contribution in [2.75, 3.05) is 6.54 Å². The predicted molar refractivity (Wildman–Crippen MR) is 51.5 cm³/mol. The number of hydrogen-bond donors (Lipinski definition) is 2. The zero-order valence-electron chi connectivity index (χ0n) is 7.57. The lowest BCUT2D eigenvalue weighted by molar-refractivity contribution is 0.159. The summed E-state index contributed by atoms with van der Waals surface area (Å²) in [5.74, 6) is 0. The van der Waals surface area contributed by atoms with Gasteiger partial charge in [0.05, 0.1) is 23.0 Å². The first-order valence-electron chi connectivity index (χ1n) is 4.30. The predicted octanol–water partition coefficient (Wildman–Crippen LogP) is 0.939. The largest absolute Gasteiger partial charge is 0.387 e. The molecule has 0 aromatic carbocycles. The van der Waals surface area contributed by atoms with Crippen LogP contribution < -0.4 is 5.73 Å². The fourth-order valence-corrected chi connectivity index (χ4v) is 1.52. The van der Waals surface area contributed by atoms with Crippen LogP contribution in [0.15, 0.2) is 6.20 Å². The lowest BCUT2D eigenvalue weighted by atomic mass is 10.2. The number of aliphatic hydroxyl groups excluding tert-OH is 1. The van der Waals surface area contributed by atoms with Crippen molar-refractivity contribution in [1.82, 2.24) is 9.78 Å². The summed E-state index contributed by atoms with van der Waals surface area (Å²) < 4.78 is 1.68. The Balaban J connectivity index is 2.89. The van der Waals surface area contributed by atoms with Gasteiger partial charge in [0.15, 0.2) is 0 Å².